The molecule has 0 unspecified atom stereocenters. The van der Waals surface area contributed by atoms with Gasteiger partial charge in [0, 0.05) is 30.2 Å². The van der Waals surface area contributed by atoms with E-state index >= 15 is 0 Å². The first-order chi connectivity index (χ1) is 9.52. The molecule has 1 aromatic heterocycles. The Morgan fingerprint density at radius 1 is 1.20 bits per heavy atom. The van der Waals surface area contributed by atoms with Crippen molar-refractivity contribution >= 4 is 11.9 Å². The van der Waals surface area contributed by atoms with E-state index in [1.165, 1.54) is 28.9 Å². The van der Waals surface area contributed by atoms with E-state index in [-0.39, 0.29) is 0 Å². The Bertz CT molecular complexity index is 603. The van der Waals surface area contributed by atoms with Crippen molar-refractivity contribution in [3.63, 3.8) is 0 Å². The van der Waals surface area contributed by atoms with Crippen LogP contribution >= 0.6 is 0 Å². The van der Waals surface area contributed by atoms with Gasteiger partial charge in [0.15, 0.2) is 0 Å². The van der Waals surface area contributed by atoms with Crippen molar-refractivity contribution < 1.29 is 0 Å². The van der Waals surface area contributed by atoms with Gasteiger partial charge in [-0.3, -0.25) is 4.99 Å². The van der Waals surface area contributed by atoms with Crippen LogP contribution in [0.2, 0.25) is 0 Å². The number of nitrogens with zero attached hydrogens (tertiary/aromatic N) is 2. The normalized spacial score (nSPS) is 13.1. The molecule has 0 saturated heterocycles. The highest BCUT2D eigenvalue weighted by atomic mass is 14.9. The summed E-state index contributed by atoms with van der Waals surface area (Å²) in [6.07, 6.45) is 3.13. The Balaban J connectivity index is 2.17. The molecule has 2 nitrogen and oxygen atoms in total. The highest BCUT2D eigenvalue weighted by Gasteiger charge is 2.04. The Labute approximate surface area is 122 Å². The van der Waals surface area contributed by atoms with Crippen LogP contribution in [0, 0.1) is 13.8 Å². The fourth-order valence-electron chi connectivity index (χ4n) is 2.28. The fourth-order valence-corrected chi connectivity index (χ4v) is 2.28. The molecule has 0 amide bonds. The van der Waals surface area contributed by atoms with Gasteiger partial charge in [-0.2, -0.15) is 0 Å². The third kappa shape index (κ3) is 3.01. The van der Waals surface area contributed by atoms with Crippen molar-refractivity contribution in [2.24, 2.45) is 12.0 Å². The molecule has 0 aliphatic carbocycles. The Hall–Kier alpha value is -1.83. The van der Waals surface area contributed by atoms with Crippen LogP contribution in [0.4, 0.5) is 5.69 Å². The lowest BCUT2D eigenvalue weighted by molar-refractivity contribution is 0.734. The molecular weight excluding hydrogens is 244 g/mol. The minimum Gasteiger partial charge on any atom is -0.352 e. The van der Waals surface area contributed by atoms with E-state index in [0.717, 1.165) is 5.69 Å². The van der Waals surface area contributed by atoms with E-state index in [4.69, 9.17) is 0 Å². The molecule has 106 valence electrons. The molecule has 0 bridgehead atoms. The zero-order valence-corrected chi connectivity index (χ0v) is 13.1. The van der Waals surface area contributed by atoms with Gasteiger partial charge in [0.25, 0.3) is 0 Å². The largest absolute Gasteiger partial charge is 0.352 e. The van der Waals surface area contributed by atoms with Gasteiger partial charge in [-0.25, -0.2) is 0 Å². The quantitative estimate of drug-likeness (QED) is 0.701. The van der Waals surface area contributed by atoms with Crippen molar-refractivity contribution in [1.29, 1.82) is 0 Å². The number of hydrogen-bond donors (Lipinski definition) is 0. The maximum Gasteiger partial charge on any atom is 0.0630 e. The number of benzene rings is 1. The second kappa shape index (κ2) is 6.08. The molecule has 0 saturated carbocycles. The SMILES string of the molecule is CC[C@@H](C)c1ccc(N=Cc2cc(C)n(C)c2C)cc1. The molecule has 2 rings (SSSR count). The van der Waals surface area contributed by atoms with E-state index in [9.17, 15) is 0 Å². The van der Waals surface area contributed by atoms with Crippen LogP contribution in [0.1, 0.15) is 48.7 Å². The summed E-state index contributed by atoms with van der Waals surface area (Å²) in [6, 6.07) is 10.7. The van der Waals surface area contributed by atoms with Crippen LogP contribution in [0.15, 0.2) is 35.3 Å². The highest BCUT2D eigenvalue weighted by molar-refractivity contribution is 5.83. The maximum absolute atomic E-state index is 4.58. The van der Waals surface area contributed by atoms with E-state index in [0.29, 0.717) is 5.92 Å². The number of aromatic nitrogens is 1. The van der Waals surface area contributed by atoms with Gasteiger partial charge in [-0.15, -0.1) is 0 Å². The first-order valence-electron chi connectivity index (χ1n) is 7.30. The van der Waals surface area contributed by atoms with Gasteiger partial charge >= 0.3 is 0 Å². The van der Waals surface area contributed by atoms with E-state index in [1.54, 1.807) is 0 Å². The van der Waals surface area contributed by atoms with Crippen molar-refractivity contribution in [2.75, 3.05) is 0 Å². The summed E-state index contributed by atoms with van der Waals surface area (Å²) < 4.78 is 2.19. The number of rotatable bonds is 4. The predicted octanol–water partition coefficient (Wildman–Crippen LogP) is 4.91. The van der Waals surface area contributed by atoms with Gasteiger partial charge < -0.3 is 4.57 Å². The van der Waals surface area contributed by atoms with Crippen molar-refractivity contribution in [3.8, 4) is 0 Å². The topological polar surface area (TPSA) is 17.3 Å². The van der Waals surface area contributed by atoms with Crippen LogP contribution in [0.3, 0.4) is 0 Å². The summed E-state index contributed by atoms with van der Waals surface area (Å²) in [4.78, 5) is 4.58. The molecular formula is C18H24N2. The van der Waals surface area contributed by atoms with Crippen molar-refractivity contribution in [2.45, 2.75) is 40.0 Å². The smallest absolute Gasteiger partial charge is 0.0630 e. The second-order valence-electron chi connectivity index (χ2n) is 5.54. The molecule has 0 fully saturated rings. The molecule has 0 spiro atoms. The minimum absolute atomic E-state index is 0.618. The minimum atomic E-state index is 0.618. The van der Waals surface area contributed by atoms with Crippen molar-refractivity contribution in [3.05, 3.63) is 52.8 Å². The van der Waals surface area contributed by atoms with Crippen LogP contribution < -0.4 is 0 Å². The van der Waals surface area contributed by atoms with Gasteiger partial charge in [0.1, 0.15) is 0 Å². The number of aliphatic imine (C=N–C) groups is 1. The maximum atomic E-state index is 4.58. The lowest BCUT2D eigenvalue weighted by atomic mass is 9.99. The molecule has 2 aromatic rings. The first-order valence-corrected chi connectivity index (χ1v) is 7.30. The van der Waals surface area contributed by atoms with Gasteiger partial charge in [0.05, 0.1) is 5.69 Å². The number of hydrogen-bond acceptors (Lipinski definition) is 1. The summed E-state index contributed by atoms with van der Waals surface area (Å²) in [5.41, 5.74) is 6.10. The second-order valence-corrected chi connectivity index (χ2v) is 5.54. The summed E-state index contributed by atoms with van der Waals surface area (Å²) >= 11 is 0. The lowest BCUT2D eigenvalue weighted by Crippen LogP contribution is -1.93. The molecule has 0 N–H and O–H groups in total. The number of aryl methyl sites for hydroxylation is 1. The molecule has 0 aliphatic rings. The Kier molecular flexibility index (Phi) is 4.43. The summed E-state index contributed by atoms with van der Waals surface area (Å²) in [5.74, 6) is 0.618. The average Bonchev–Trinajstić information content (AvgIpc) is 2.72. The predicted molar refractivity (Wildman–Crippen MR) is 87.3 cm³/mol. The molecule has 1 heterocycles. The average molecular weight is 268 g/mol. The third-order valence-corrected chi connectivity index (χ3v) is 4.24. The standard InChI is InChI=1S/C18H24N2/c1-6-13(2)16-7-9-18(10-8-16)19-12-17-11-14(3)20(5)15(17)4/h7-13H,6H2,1-5H3/t13-/m1/s1. The van der Waals surface area contributed by atoms with E-state index in [1.807, 2.05) is 6.21 Å². The molecule has 0 radical (unpaired) electrons. The zero-order valence-electron chi connectivity index (χ0n) is 13.1. The van der Waals surface area contributed by atoms with Crippen LogP contribution in [0.25, 0.3) is 0 Å². The molecule has 2 heteroatoms. The summed E-state index contributed by atoms with van der Waals surface area (Å²) in [7, 11) is 2.09. The van der Waals surface area contributed by atoms with Crippen molar-refractivity contribution in [1.82, 2.24) is 4.57 Å². The monoisotopic (exact) mass is 268 g/mol. The molecule has 1 atom stereocenters. The summed E-state index contributed by atoms with van der Waals surface area (Å²) in [6.45, 7) is 8.72. The summed E-state index contributed by atoms with van der Waals surface area (Å²) in [5, 5.41) is 0. The van der Waals surface area contributed by atoms with Crippen LogP contribution in [-0.2, 0) is 7.05 Å². The highest BCUT2D eigenvalue weighted by Crippen LogP contribution is 2.22. The Morgan fingerprint density at radius 2 is 1.85 bits per heavy atom. The first kappa shape index (κ1) is 14.6. The van der Waals surface area contributed by atoms with Gasteiger partial charge in [-0.1, -0.05) is 26.0 Å². The molecule has 1 aromatic carbocycles. The Morgan fingerprint density at radius 3 is 2.35 bits per heavy atom. The van der Waals surface area contributed by atoms with Gasteiger partial charge in [-0.05, 0) is 49.9 Å². The zero-order chi connectivity index (χ0) is 14.7. The third-order valence-electron chi connectivity index (χ3n) is 4.24. The van der Waals surface area contributed by atoms with E-state index in [2.05, 4.69) is 74.6 Å². The van der Waals surface area contributed by atoms with Crippen LogP contribution in [0.5, 0.6) is 0 Å². The van der Waals surface area contributed by atoms with E-state index < -0.39 is 0 Å². The molecule has 0 aliphatic heterocycles. The molecule has 20 heavy (non-hydrogen) atoms. The van der Waals surface area contributed by atoms with Crippen LogP contribution in [-0.4, -0.2) is 10.8 Å². The fraction of sp³-hybridized carbons (Fsp3) is 0.389. The lowest BCUT2D eigenvalue weighted by Gasteiger charge is -2.08. The van der Waals surface area contributed by atoms with Gasteiger partial charge in [0.2, 0.25) is 0 Å².